The van der Waals surface area contributed by atoms with Gasteiger partial charge in [0.1, 0.15) is 28.2 Å². The minimum absolute atomic E-state index is 0.0662. The second-order valence-corrected chi connectivity index (χ2v) is 10.7. The van der Waals surface area contributed by atoms with Gasteiger partial charge in [-0.1, -0.05) is 46.3 Å². The molecule has 2 aliphatic rings. The summed E-state index contributed by atoms with van der Waals surface area (Å²) in [5, 5.41) is 9.86. The van der Waals surface area contributed by atoms with Gasteiger partial charge in [0.15, 0.2) is 5.76 Å². The zero-order valence-corrected chi connectivity index (χ0v) is 20.3. The van der Waals surface area contributed by atoms with Crippen molar-refractivity contribution in [1.82, 2.24) is 0 Å². The summed E-state index contributed by atoms with van der Waals surface area (Å²) in [7, 11) is -4.45. The molecule has 0 amide bonds. The Morgan fingerprint density at radius 3 is 2.51 bits per heavy atom. The fourth-order valence-electron chi connectivity index (χ4n) is 4.31. The van der Waals surface area contributed by atoms with Crippen LogP contribution in [0.1, 0.15) is 22.6 Å². The highest BCUT2D eigenvalue weighted by molar-refractivity contribution is 9.10. The molecule has 0 aromatic heterocycles. The number of allylic oxidation sites excluding steroid dienone is 2. The summed E-state index contributed by atoms with van der Waals surface area (Å²) in [6.07, 6.45) is 0. The molecule has 2 aliphatic heterocycles. The van der Waals surface area contributed by atoms with Crippen LogP contribution in [-0.4, -0.2) is 8.42 Å². The minimum Gasteiger partial charge on any atom is -0.439 e. The number of nitriles is 1. The van der Waals surface area contributed by atoms with Crippen molar-refractivity contribution in [2.24, 2.45) is 5.73 Å². The van der Waals surface area contributed by atoms with Crippen LogP contribution >= 0.6 is 15.9 Å². The highest BCUT2D eigenvalue weighted by atomic mass is 79.9. The molecule has 0 bridgehead atoms. The van der Waals surface area contributed by atoms with Gasteiger partial charge < -0.3 is 10.5 Å². The average molecular weight is 556 g/mol. The predicted molar refractivity (Wildman–Crippen MR) is 130 cm³/mol. The number of benzene rings is 3. The number of hydrogen-bond donors (Lipinski definition) is 1. The number of sulfonamides is 1. The lowest BCUT2D eigenvalue weighted by Gasteiger charge is -2.38. The Hall–Kier alpha value is -3.68. The van der Waals surface area contributed by atoms with Crippen LogP contribution in [0.15, 0.2) is 87.6 Å². The van der Waals surface area contributed by atoms with Gasteiger partial charge in [0.25, 0.3) is 10.0 Å². The topological polar surface area (TPSA) is 96.4 Å². The smallest absolute Gasteiger partial charge is 0.265 e. The number of fused-ring (bicyclic) bond motifs is 2. The summed E-state index contributed by atoms with van der Waals surface area (Å²) < 4.78 is 65.1. The first-order valence-corrected chi connectivity index (χ1v) is 12.6. The van der Waals surface area contributed by atoms with Crippen molar-refractivity contribution in [3.63, 3.8) is 0 Å². The van der Waals surface area contributed by atoms with Crippen LogP contribution in [0.2, 0.25) is 0 Å². The van der Waals surface area contributed by atoms with E-state index in [1.165, 1.54) is 36.4 Å². The standard InChI is InChI=1S/C25H16BrF2N3O3S/c26-15-9-10-20(28)17(11-15)22-18(12-29)25(30)34-23-16-6-2-4-8-21(16)31(35(32,33)24(22)23)13-14-5-1-3-7-19(14)27/h1-11,22H,13,30H2. The highest BCUT2D eigenvalue weighted by Crippen LogP contribution is 2.51. The van der Waals surface area contributed by atoms with Crippen molar-refractivity contribution in [1.29, 1.82) is 5.26 Å². The van der Waals surface area contributed by atoms with Crippen molar-refractivity contribution >= 4 is 37.4 Å². The fourth-order valence-corrected chi connectivity index (χ4v) is 6.58. The first-order chi connectivity index (χ1) is 16.7. The lowest BCUT2D eigenvalue weighted by molar-refractivity contribution is 0.357. The van der Waals surface area contributed by atoms with E-state index in [4.69, 9.17) is 10.5 Å². The molecule has 0 spiro atoms. The first-order valence-electron chi connectivity index (χ1n) is 10.4. The Kier molecular flexibility index (Phi) is 5.62. The number of nitrogens with two attached hydrogens (primary N) is 1. The van der Waals surface area contributed by atoms with Crippen molar-refractivity contribution in [2.45, 2.75) is 12.5 Å². The van der Waals surface area contributed by atoms with Gasteiger partial charge in [0, 0.05) is 21.2 Å². The lowest BCUT2D eigenvalue weighted by atomic mass is 9.88. The first kappa shape index (κ1) is 23.1. The number of anilines is 1. The molecule has 6 nitrogen and oxygen atoms in total. The molecule has 3 aromatic rings. The van der Waals surface area contributed by atoms with Gasteiger partial charge >= 0.3 is 0 Å². The quantitative estimate of drug-likeness (QED) is 0.475. The molecule has 35 heavy (non-hydrogen) atoms. The molecule has 176 valence electrons. The molecule has 0 saturated heterocycles. The highest BCUT2D eigenvalue weighted by Gasteiger charge is 2.48. The van der Waals surface area contributed by atoms with E-state index < -0.39 is 27.6 Å². The molecular formula is C25H16BrF2N3O3S. The Bertz CT molecular complexity index is 1600. The largest absolute Gasteiger partial charge is 0.439 e. The van der Waals surface area contributed by atoms with Gasteiger partial charge in [-0.15, -0.1) is 0 Å². The van der Waals surface area contributed by atoms with Crippen LogP contribution in [0.5, 0.6) is 0 Å². The zero-order chi connectivity index (χ0) is 24.9. The second kappa shape index (κ2) is 8.52. The number of para-hydroxylation sites is 1. The molecule has 1 atom stereocenters. The van der Waals surface area contributed by atoms with Crippen molar-refractivity contribution in [2.75, 3.05) is 4.31 Å². The normalized spacial score (nSPS) is 18.5. The van der Waals surface area contributed by atoms with E-state index in [0.717, 1.165) is 4.31 Å². The molecule has 5 rings (SSSR count). The summed E-state index contributed by atoms with van der Waals surface area (Å²) in [5.74, 6) is -3.07. The number of nitrogens with zero attached hydrogens (tertiary/aromatic N) is 2. The van der Waals surface area contributed by atoms with E-state index in [1.54, 1.807) is 30.3 Å². The molecule has 0 saturated carbocycles. The van der Waals surface area contributed by atoms with E-state index in [-0.39, 0.29) is 45.5 Å². The van der Waals surface area contributed by atoms with Crippen molar-refractivity contribution in [3.8, 4) is 6.07 Å². The molecule has 0 fully saturated rings. The maximum atomic E-state index is 15.1. The van der Waals surface area contributed by atoms with Crippen LogP contribution in [0.4, 0.5) is 14.5 Å². The third-order valence-electron chi connectivity index (χ3n) is 5.90. The SMILES string of the molecule is N#CC1=C(N)OC2=C(C1c1cc(Br)ccc1F)S(=O)(=O)N(Cc1ccccc1F)c1ccccc12. The van der Waals surface area contributed by atoms with Crippen LogP contribution in [0, 0.1) is 23.0 Å². The van der Waals surface area contributed by atoms with Gasteiger partial charge in [0.2, 0.25) is 5.88 Å². The summed E-state index contributed by atoms with van der Waals surface area (Å²) in [5.41, 5.74) is 6.50. The lowest BCUT2D eigenvalue weighted by Crippen LogP contribution is -2.39. The molecule has 0 radical (unpaired) electrons. The fraction of sp³-hybridized carbons (Fsp3) is 0.0800. The van der Waals surface area contributed by atoms with E-state index in [9.17, 15) is 18.1 Å². The Balaban J connectivity index is 1.80. The number of ether oxygens (including phenoxy) is 1. The molecule has 1 unspecified atom stereocenters. The molecule has 10 heteroatoms. The van der Waals surface area contributed by atoms with Gasteiger partial charge in [-0.25, -0.2) is 17.2 Å². The van der Waals surface area contributed by atoms with E-state index in [0.29, 0.717) is 10.0 Å². The number of hydrogen-bond acceptors (Lipinski definition) is 5. The molecule has 3 aromatic carbocycles. The van der Waals surface area contributed by atoms with E-state index in [1.807, 2.05) is 6.07 Å². The maximum Gasteiger partial charge on any atom is 0.265 e. The summed E-state index contributed by atoms with van der Waals surface area (Å²) >= 11 is 3.28. The van der Waals surface area contributed by atoms with Crippen LogP contribution in [0.3, 0.4) is 0 Å². The monoisotopic (exact) mass is 555 g/mol. The van der Waals surface area contributed by atoms with E-state index in [2.05, 4.69) is 15.9 Å². The summed E-state index contributed by atoms with van der Waals surface area (Å²) in [4.78, 5) is -0.338. The second-order valence-electron chi connectivity index (χ2n) is 7.90. The average Bonchev–Trinajstić information content (AvgIpc) is 2.83. The predicted octanol–water partition coefficient (Wildman–Crippen LogP) is 5.25. The zero-order valence-electron chi connectivity index (χ0n) is 17.9. The maximum absolute atomic E-state index is 15.1. The molecule has 2 N–H and O–H groups in total. The van der Waals surface area contributed by atoms with Crippen LogP contribution < -0.4 is 10.0 Å². The van der Waals surface area contributed by atoms with Crippen molar-refractivity contribution in [3.05, 3.63) is 116 Å². The van der Waals surface area contributed by atoms with Crippen molar-refractivity contribution < 1.29 is 21.9 Å². The van der Waals surface area contributed by atoms with Crippen LogP contribution in [-0.2, 0) is 21.3 Å². The van der Waals surface area contributed by atoms with Gasteiger partial charge in [0.05, 0.1) is 18.2 Å². The molecule has 0 aliphatic carbocycles. The minimum atomic E-state index is -4.45. The van der Waals surface area contributed by atoms with Gasteiger partial charge in [-0.3, -0.25) is 4.31 Å². The third-order valence-corrected chi connectivity index (χ3v) is 8.28. The number of rotatable bonds is 3. The van der Waals surface area contributed by atoms with Gasteiger partial charge in [-0.05, 0) is 36.4 Å². The Morgan fingerprint density at radius 1 is 1.06 bits per heavy atom. The van der Waals surface area contributed by atoms with Crippen LogP contribution in [0.25, 0.3) is 5.76 Å². The molecule has 2 heterocycles. The van der Waals surface area contributed by atoms with Gasteiger partial charge in [-0.2, -0.15) is 5.26 Å². The molecular weight excluding hydrogens is 540 g/mol. The number of halogens is 3. The summed E-state index contributed by atoms with van der Waals surface area (Å²) in [6, 6.07) is 18.3. The third kappa shape index (κ3) is 3.68. The Morgan fingerprint density at radius 2 is 1.77 bits per heavy atom. The Labute approximate surface area is 208 Å². The van der Waals surface area contributed by atoms with E-state index >= 15 is 4.39 Å². The summed E-state index contributed by atoms with van der Waals surface area (Å²) in [6.45, 7) is -0.322.